The number of halogens is 3. The van der Waals surface area contributed by atoms with Crippen LogP contribution in [0.5, 0.6) is 0 Å². The summed E-state index contributed by atoms with van der Waals surface area (Å²) in [5.74, 6) is -0.734. The van der Waals surface area contributed by atoms with Gasteiger partial charge in [-0.15, -0.1) is 5.10 Å². The van der Waals surface area contributed by atoms with Gasteiger partial charge in [0.25, 0.3) is 0 Å². The molecule has 3 unspecified atom stereocenters. The molecule has 2 aliphatic rings. The fourth-order valence-electron chi connectivity index (χ4n) is 5.71. The minimum atomic E-state index is -1.20. The van der Waals surface area contributed by atoms with Gasteiger partial charge in [0, 0.05) is 31.0 Å². The number of nitrogens with zero attached hydrogens (tertiary/aromatic N) is 5. The summed E-state index contributed by atoms with van der Waals surface area (Å²) in [6, 6.07) is 12.7. The average Bonchev–Trinajstić information content (AvgIpc) is 3.47. The van der Waals surface area contributed by atoms with Crippen molar-refractivity contribution in [2.24, 2.45) is 5.92 Å². The third kappa shape index (κ3) is 5.46. The van der Waals surface area contributed by atoms with E-state index in [9.17, 15) is 14.7 Å². The van der Waals surface area contributed by atoms with Crippen LogP contribution in [-0.2, 0) is 15.2 Å². The van der Waals surface area contributed by atoms with Crippen LogP contribution < -0.4 is 0 Å². The fourth-order valence-corrected chi connectivity index (χ4v) is 6.63. The van der Waals surface area contributed by atoms with Gasteiger partial charge in [-0.25, -0.2) is 4.68 Å². The number of carbonyl (C=O) groups excluding carboxylic acids is 2. The molecule has 2 aliphatic heterocycles. The number of aliphatic hydroxyl groups is 1. The van der Waals surface area contributed by atoms with Crippen LogP contribution in [-0.4, -0.2) is 61.9 Å². The molecule has 2 fully saturated rings. The van der Waals surface area contributed by atoms with E-state index in [1.165, 1.54) is 0 Å². The third-order valence-electron chi connectivity index (χ3n) is 8.05. The van der Waals surface area contributed by atoms with Crippen molar-refractivity contribution in [1.82, 2.24) is 24.8 Å². The number of amides is 2. The van der Waals surface area contributed by atoms with Crippen LogP contribution in [0.25, 0.3) is 0 Å². The second-order valence-electron chi connectivity index (χ2n) is 10.4. The van der Waals surface area contributed by atoms with E-state index in [2.05, 4.69) is 26.2 Å². The molecule has 1 N–H and O–H groups in total. The van der Waals surface area contributed by atoms with E-state index in [1.54, 1.807) is 39.9 Å². The van der Waals surface area contributed by atoms with Gasteiger partial charge in [0.05, 0.1) is 34.2 Å². The molecule has 2 aromatic carbocycles. The summed E-state index contributed by atoms with van der Waals surface area (Å²) in [7, 11) is 1.71. The van der Waals surface area contributed by atoms with Crippen LogP contribution in [0.15, 0.2) is 53.1 Å². The first-order chi connectivity index (χ1) is 18.6. The molecule has 5 rings (SSSR count). The SMILES string of the molecule is C[C@H](c1ccccc1Br)n1cc(C2(O)CCCN(C(=O)C3CC(=O)N(C)C3c3ccc(Cl)c(Cl)c3)CC2)nn1. The maximum absolute atomic E-state index is 13.8. The number of hydrogen-bond donors (Lipinski definition) is 1. The maximum atomic E-state index is 13.8. The molecule has 0 saturated carbocycles. The zero-order valence-corrected chi connectivity index (χ0v) is 24.8. The van der Waals surface area contributed by atoms with Crippen LogP contribution >= 0.6 is 39.1 Å². The molecule has 2 saturated heterocycles. The lowest BCUT2D eigenvalue weighted by Gasteiger charge is -2.30. The highest BCUT2D eigenvalue weighted by Gasteiger charge is 2.45. The molecule has 0 radical (unpaired) electrons. The molecule has 2 amide bonds. The monoisotopic (exact) mass is 633 g/mol. The molecule has 206 valence electrons. The highest BCUT2D eigenvalue weighted by molar-refractivity contribution is 9.10. The molecule has 4 atom stereocenters. The van der Waals surface area contributed by atoms with Gasteiger partial charge in [0.2, 0.25) is 11.8 Å². The topological polar surface area (TPSA) is 91.6 Å². The standard InChI is InChI=1S/C28H30BrCl2N5O3/c1-17(19-6-3-4-7-21(19)29)36-16-24(32-33-36)28(39)10-5-12-35(13-11-28)27(38)20-15-25(37)34(2)26(20)18-8-9-22(30)23(31)14-18/h3-4,6-9,14,16-17,20,26,39H,5,10-13,15H2,1-2H3/t17-,20?,26?,28?/m1/s1. The van der Waals surface area contributed by atoms with Crippen LogP contribution in [0.1, 0.15) is 61.5 Å². The molecule has 8 nitrogen and oxygen atoms in total. The molecule has 0 bridgehead atoms. The summed E-state index contributed by atoms with van der Waals surface area (Å²) >= 11 is 15.9. The molecule has 3 aromatic rings. The van der Waals surface area contributed by atoms with E-state index in [1.807, 2.05) is 37.3 Å². The second-order valence-corrected chi connectivity index (χ2v) is 12.1. The van der Waals surface area contributed by atoms with Crippen molar-refractivity contribution in [3.8, 4) is 0 Å². The van der Waals surface area contributed by atoms with Gasteiger partial charge in [0.1, 0.15) is 11.3 Å². The van der Waals surface area contributed by atoms with E-state index in [-0.39, 0.29) is 24.3 Å². The van der Waals surface area contributed by atoms with Crippen molar-refractivity contribution in [2.75, 3.05) is 20.1 Å². The Labute approximate surface area is 246 Å². The first-order valence-corrected chi connectivity index (χ1v) is 14.5. The van der Waals surface area contributed by atoms with Gasteiger partial charge in [-0.3, -0.25) is 9.59 Å². The van der Waals surface area contributed by atoms with Crippen molar-refractivity contribution in [3.05, 3.63) is 80.0 Å². The summed E-state index contributed by atoms with van der Waals surface area (Å²) in [5, 5.41) is 21.1. The zero-order valence-electron chi connectivity index (χ0n) is 21.7. The van der Waals surface area contributed by atoms with Gasteiger partial charge in [-0.1, -0.05) is 68.6 Å². The van der Waals surface area contributed by atoms with Crippen LogP contribution in [0, 0.1) is 5.92 Å². The quantitative estimate of drug-likeness (QED) is 0.407. The summed E-state index contributed by atoms with van der Waals surface area (Å²) in [6.07, 6.45) is 3.31. The van der Waals surface area contributed by atoms with Gasteiger partial charge in [-0.05, 0) is 55.5 Å². The number of rotatable bonds is 5. The normalized spacial score (nSPS) is 24.6. The third-order valence-corrected chi connectivity index (χ3v) is 9.51. The largest absolute Gasteiger partial charge is 0.383 e. The Kier molecular flexibility index (Phi) is 8.06. The molecular weight excluding hydrogens is 605 g/mol. The molecule has 11 heteroatoms. The Balaban J connectivity index is 1.32. The Morgan fingerprint density at radius 3 is 2.67 bits per heavy atom. The van der Waals surface area contributed by atoms with Gasteiger partial charge < -0.3 is 14.9 Å². The predicted molar refractivity (Wildman–Crippen MR) is 152 cm³/mol. The van der Waals surface area contributed by atoms with Crippen LogP contribution in [0.3, 0.4) is 0 Å². The summed E-state index contributed by atoms with van der Waals surface area (Å²) in [4.78, 5) is 29.8. The fraction of sp³-hybridized carbons (Fsp3) is 0.429. The van der Waals surface area contributed by atoms with E-state index >= 15 is 0 Å². The lowest BCUT2D eigenvalue weighted by atomic mass is 9.91. The molecule has 0 aliphatic carbocycles. The van der Waals surface area contributed by atoms with E-state index in [0.717, 1.165) is 15.6 Å². The number of hydrogen-bond acceptors (Lipinski definition) is 5. The maximum Gasteiger partial charge on any atom is 0.228 e. The van der Waals surface area contributed by atoms with Crippen molar-refractivity contribution in [1.29, 1.82) is 0 Å². The average molecular weight is 635 g/mol. The minimum absolute atomic E-state index is 0.0792. The highest BCUT2D eigenvalue weighted by atomic mass is 79.9. The lowest BCUT2D eigenvalue weighted by molar-refractivity contribution is -0.136. The highest BCUT2D eigenvalue weighted by Crippen LogP contribution is 2.41. The van der Waals surface area contributed by atoms with Gasteiger partial charge in [-0.2, -0.15) is 0 Å². The first-order valence-electron chi connectivity index (χ1n) is 13.0. The molecule has 0 spiro atoms. The Hall–Kier alpha value is -2.46. The van der Waals surface area contributed by atoms with Crippen molar-refractivity contribution in [3.63, 3.8) is 0 Å². The van der Waals surface area contributed by atoms with E-state index < -0.39 is 17.6 Å². The molecule has 1 aromatic heterocycles. The van der Waals surface area contributed by atoms with Crippen molar-refractivity contribution >= 4 is 50.9 Å². The number of benzene rings is 2. The second kappa shape index (κ2) is 11.2. The van der Waals surface area contributed by atoms with Crippen LogP contribution in [0.4, 0.5) is 0 Å². The Morgan fingerprint density at radius 1 is 1.15 bits per heavy atom. The smallest absolute Gasteiger partial charge is 0.228 e. The lowest BCUT2D eigenvalue weighted by Crippen LogP contribution is -2.39. The van der Waals surface area contributed by atoms with E-state index in [0.29, 0.717) is 48.1 Å². The molecule has 39 heavy (non-hydrogen) atoms. The summed E-state index contributed by atoms with van der Waals surface area (Å²) in [6.45, 7) is 2.87. The van der Waals surface area contributed by atoms with Crippen LogP contribution in [0.2, 0.25) is 10.0 Å². The number of likely N-dealkylation sites (tertiary alicyclic amines) is 2. The summed E-state index contributed by atoms with van der Waals surface area (Å²) < 4.78 is 2.73. The first kappa shape index (κ1) is 28.1. The number of aromatic nitrogens is 3. The van der Waals surface area contributed by atoms with Gasteiger partial charge in [0.15, 0.2) is 0 Å². The van der Waals surface area contributed by atoms with E-state index in [4.69, 9.17) is 23.2 Å². The number of carbonyl (C=O) groups is 2. The predicted octanol–water partition coefficient (Wildman–Crippen LogP) is 5.38. The Morgan fingerprint density at radius 2 is 1.92 bits per heavy atom. The minimum Gasteiger partial charge on any atom is -0.383 e. The van der Waals surface area contributed by atoms with Crippen molar-refractivity contribution < 1.29 is 14.7 Å². The zero-order chi connectivity index (χ0) is 27.9. The Bertz CT molecular complexity index is 1400. The summed E-state index contributed by atoms with van der Waals surface area (Å²) in [5.41, 5.74) is 1.14. The molecular formula is C28H30BrCl2N5O3. The van der Waals surface area contributed by atoms with Gasteiger partial charge >= 0.3 is 0 Å². The van der Waals surface area contributed by atoms with Crippen molar-refractivity contribution in [2.45, 2.75) is 50.3 Å². The molecule has 3 heterocycles.